The molecule has 7 nitrogen and oxygen atoms in total. The Kier molecular flexibility index (Phi) is 6.09. The zero-order chi connectivity index (χ0) is 21.9. The molecule has 9 heteroatoms. The maximum atomic E-state index is 12.8. The Hall–Kier alpha value is -3.36. The monoisotopic (exact) mass is 444 g/mol. The van der Waals surface area contributed by atoms with Crippen LogP contribution in [0.15, 0.2) is 71.6 Å². The van der Waals surface area contributed by atoms with Gasteiger partial charge in [-0.3, -0.25) is 9.52 Å². The molecule has 0 radical (unpaired) electrons. The van der Waals surface area contributed by atoms with Crippen molar-refractivity contribution in [2.45, 2.75) is 11.8 Å². The Morgan fingerprint density at radius 3 is 2.27 bits per heavy atom. The molecule has 0 aliphatic rings. The maximum absolute atomic E-state index is 12.8. The quantitative estimate of drug-likeness (QED) is 0.521. The van der Waals surface area contributed by atoms with Gasteiger partial charge < -0.3 is 10.4 Å². The predicted octanol–water partition coefficient (Wildman–Crippen LogP) is 4.40. The molecule has 0 unspecified atom stereocenters. The fraction of sp³-hybridized carbons (Fsp3) is 0.0476. The van der Waals surface area contributed by atoms with Crippen LogP contribution in [0.4, 0.5) is 11.4 Å². The second kappa shape index (κ2) is 8.56. The van der Waals surface area contributed by atoms with E-state index in [1.54, 1.807) is 19.1 Å². The smallest absolute Gasteiger partial charge is 0.335 e. The summed E-state index contributed by atoms with van der Waals surface area (Å²) in [5.74, 6) is -1.69. The van der Waals surface area contributed by atoms with E-state index in [0.29, 0.717) is 16.3 Å². The minimum Gasteiger partial charge on any atom is -0.478 e. The number of aromatic carboxylic acids is 1. The number of hydrogen-bond donors (Lipinski definition) is 3. The fourth-order valence-electron chi connectivity index (χ4n) is 2.69. The number of hydrogen-bond acceptors (Lipinski definition) is 4. The third-order valence-electron chi connectivity index (χ3n) is 4.20. The average molecular weight is 445 g/mol. The van der Waals surface area contributed by atoms with Crippen molar-refractivity contribution < 1.29 is 23.1 Å². The van der Waals surface area contributed by atoms with Gasteiger partial charge in [0.2, 0.25) is 0 Å². The summed E-state index contributed by atoms with van der Waals surface area (Å²) in [6.45, 7) is 1.62. The van der Waals surface area contributed by atoms with Crippen molar-refractivity contribution in [3.05, 3.63) is 88.4 Å². The first-order valence-electron chi connectivity index (χ1n) is 8.69. The SMILES string of the molecule is Cc1ccc(C(=O)Nc2cccc(C(=O)O)c2)cc1S(=O)(=O)Nc1ccc(Cl)cc1. The van der Waals surface area contributed by atoms with Crippen LogP contribution in [0.1, 0.15) is 26.3 Å². The molecule has 0 atom stereocenters. The van der Waals surface area contributed by atoms with Crippen LogP contribution in [-0.4, -0.2) is 25.4 Å². The minimum atomic E-state index is -3.95. The van der Waals surface area contributed by atoms with E-state index in [9.17, 15) is 18.0 Å². The standard InChI is InChI=1S/C21H17ClN2O5S/c1-13-5-6-14(20(25)23-18-4-2-3-15(11-18)21(26)27)12-19(13)30(28,29)24-17-9-7-16(22)8-10-17/h2-12,24H,1H3,(H,23,25)(H,26,27). The maximum Gasteiger partial charge on any atom is 0.335 e. The van der Waals surface area contributed by atoms with E-state index in [4.69, 9.17) is 16.7 Å². The molecule has 3 N–H and O–H groups in total. The van der Waals surface area contributed by atoms with E-state index in [2.05, 4.69) is 10.0 Å². The molecule has 0 fully saturated rings. The highest BCUT2D eigenvalue weighted by Gasteiger charge is 2.20. The van der Waals surface area contributed by atoms with E-state index in [-0.39, 0.29) is 21.7 Å². The van der Waals surface area contributed by atoms with Crippen LogP contribution in [0.25, 0.3) is 0 Å². The van der Waals surface area contributed by atoms with Gasteiger partial charge in [0.15, 0.2) is 0 Å². The predicted molar refractivity (Wildman–Crippen MR) is 115 cm³/mol. The van der Waals surface area contributed by atoms with Gasteiger partial charge in [-0.1, -0.05) is 23.7 Å². The summed E-state index contributed by atoms with van der Waals surface area (Å²) in [5, 5.41) is 12.1. The summed E-state index contributed by atoms with van der Waals surface area (Å²) in [7, 11) is -3.95. The third-order valence-corrected chi connectivity index (χ3v) is 5.98. The number of amides is 1. The van der Waals surface area contributed by atoms with Gasteiger partial charge in [0.05, 0.1) is 10.5 Å². The molecule has 0 aromatic heterocycles. The van der Waals surface area contributed by atoms with Crippen LogP contribution in [0.2, 0.25) is 5.02 Å². The summed E-state index contributed by atoms with van der Waals surface area (Å²) in [6.07, 6.45) is 0. The van der Waals surface area contributed by atoms with Gasteiger partial charge in [-0.05, 0) is 67.1 Å². The largest absolute Gasteiger partial charge is 0.478 e. The zero-order valence-corrected chi connectivity index (χ0v) is 17.3. The summed E-state index contributed by atoms with van der Waals surface area (Å²) >= 11 is 5.82. The summed E-state index contributed by atoms with van der Waals surface area (Å²) in [5.41, 5.74) is 1.20. The lowest BCUT2D eigenvalue weighted by Crippen LogP contribution is -2.17. The Bertz CT molecular complexity index is 1220. The lowest BCUT2D eigenvalue weighted by atomic mass is 10.1. The number of halogens is 1. The molecule has 154 valence electrons. The molecular weight excluding hydrogens is 428 g/mol. The second-order valence-corrected chi connectivity index (χ2v) is 8.52. The van der Waals surface area contributed by atoms with Crippen molar-refractivity contribution in [2.24, 2.45) is 0 Å². The number of carbonyl (C=O) groups is 2. The molecule has 3 aromatic rings. The molecule has 0 bridgehead atoms. The van der Waals surface area contributed by atoms with E-state index >= 15 is 0 Å². The van der Waals surface area contributed by atoms with E-state index in [0.717, 1.165) is 0 Å². The first kappa shape index (κ1) is 21.4. The van der Waals surface area contributed by atoms with Crippen molar-refractivity contribution in [1.29, 1.82) is 0 Å². The van der Waals surface area contributed by atoms with Gasteiger partial charge in [-0.2, -0.15) is 0 Å². The molecule has 0 saturated carbocycles. The van der Waals surface area contributed by atoms with Gasteiger partial charge in [0.25, 0.3) is 15.9 Å². The lowest BCUT2D eigenvalue weighted by Gasteiger charge is -2.12. The van der Waals surface area contributed by atoms with Gasteiger partial charge >= 0.3 is 5.97 Å². The van der Waals surface area contributed by atoms with Crippen LogP contribution < -0.4 is 10.0 Å². The number of aryl methyl sites for hydroxylation is 1. The molecule has 0 heterocycles. The number of benzene rings is 3. The Morgan fingerprint density at radius 2 is 1.60 bits per heavy atom. The van der Waals surface area contributed by atoms with Gasteiger partial charge in [0, 0.05) is 22.0 Å². The van der Waals surface area contributed by atoms with E-state index < -0.39 is 21.9 Å². The topological polar surface area (TPSA) is 113 Å². The highest BCUT2D eigenvalue weighted by Crippen LogP contribution is 2.23. The van der Waals surface area contributed by atoms with Crippen LogP contribution in [-0.2, 0) is 10.0 Å². The number of carbonyl (C=O) groups excluding carboxylic acids is 1. The van der Waals surface area contributed by atoms with Gasteiger partial charge in [-0.25, -0.2) is 13.2 Å². The van der Waals surface area contributed by atoms with Crippen molar-refractivity contribution in [3.63, 3.8) is 0 Å². The normalized spacial score (nSPS) is 11.0. The number of carboxylic acids is 1. The van der Waals surface area contributed by atoms with Crippen LogP contribution in [0, 0.1) is 6.92 Å². The number of anilines is 2. The van der Waals surface area contributed by atoms with Gasteiger partial charge in [-0.15, -0.1) is 0 Å². The van der Waals surface area contributed by atoms with Crippen molar-refractivity contribution >= 4 is 44.9 Å². The molecule has 0 aliphatic carbocycles. The van der Waals surface area contributed by atoms with Crippen molar-refractivity contribution in [3.8, 4) is 0 Å². The Morgan fingerprint density at radius 1 is 0.900 bits per heavy atom. The number of nitrogens with one attached hydrogen (secondary N) is 2. The molecule has 3 rings (SSSR count). The van der Waals surface area contributed by atoms with Gasteiger partial charge in [0.1, 0.15) is 0 Å². The lowest BCUT2D eigenvalue weighted by molar-refractivity contribution is 0.0696. The molecule has 0 spiro atoms. The molecule has 3 aromatic carbocycles. The molecule has 0 aliphatic heterocycles. The number of carboxylic acid groups (broad SMARTS) is 1. The molecular formula is C21H17ClN2O5S. The number of rotatable bonds is 6. The first-order valence-corrected chi connectivity index (χ1v) is 10.6. The second-order valence-electron chi connectivity index (χ2n) is 6.43. The highest BCUT2D eigenvalue weighted by atomic mass is 35.5. The van der Waals surface area contributed by atoms with E-state index in [1.807, 2.05) is 0 Å². The molecule has 30 heavy (non-hydrogen) atoms. The summed E-state index contributed by atoms with van der Waals surface area (Å²) < 4.78 is 28.1. The first-order chi connectivity index (χ1) is 14.2. The highest BCUT2D eigenvalue weighted by molar-refractivity contribution is 7.92. The number of sulfonamides is 1. The molecule has 0 saturated heterocycles. The fourth-order valence-corrected chi connectivity index (χ4v) is 4.15. The molecule has 1 amide bonds. The van der Waals surface area contributed by atoms with Crippen LogP contribution >= 0.6 is 11.6 Å². The van der Waals surface area contributed by atoms with Crippen LogP contribution in [0.3, 0.4) is 0 Å². The zero-order valence-electron chi connectivity index (χ0n) is 15.7. The third kappa shape index (κ3) is 4.97. The minimum absolute atomic E-state index is 0.0205. The Labute approximate surface area is 178 Å². The Balaban J connectivity index is 1.87. The average Bonchev–Trinajstić information content (AvgIpc) is 2.70. The summed E-state index contributed by atoms with van der Waals surface area (Å²) in [6, 6.07) is 16.2. The van der Waals surface area contributed by atoms with Crippen LogP contribution in [0.5, 0.6) is 0 Å². The van der Waals surface area contributed by atoms with Crippen molar-refractivity contribution in [2.75, 3.05) is 10.0 Å². The summed E-state index contributed by atoms with van der Waals surface area (Å²) in [4.78, 5) is 23.6. The van der Waals surface area contributed by atoms with Crippen molar-refractivity contribution in [1.82, 2.24) is 0 Å². The van der Waals surface area contributed by atoms with E-state index in [1.165, 1.54) is 54.6 Å².